The number of amidine groups is 1. The first-order valence-electron chi connectivity index (χ1n) is 4.26. The Balaban J connectivity index is 2.28. The van der Waals surface area contributed by atoms with E-state index in [9.17, 15) is 4.79 Å². The Morgan fingerprint density at radius 1 is 1.58 bits per heavy atom. The number of rotatable bonds is 1. The van der Waals surface area contributed by atoms with Crippen LogP contribution >= 0.6 is 0 Å². The summed E-state index contributed by atoms with van der Waals surface area (Å²) < 4.78 is 0. The predicted octanol–water partition coefficient (Wildman–Crippen LogP) is 0.289. The van der Waals surface area contributed by atoms with E-state index in [1.807, 2.05) is 13.8 Å². The Bertz CT molecular complexity index is 265. The smallest absolute Gasteiger partial charge is 0.256 e. The fraction of sp³-hybridized carbons (Fsp3) is 0.750. The van der Waals surface area contributed by atoms with Gasteiger partial charge in [-0.2, -0.15) is 5.10 Å². The Hall–Kier alpha value is -1.06. The van der Waals surface area contributed by atoms with E-state index in [-0.39, 0.29) is 17.4 Å². The number of hydrogen-bond acceptors (Lipinski definition) is 3. The van der Waals surface area contributed by atoms with Crippen LogP contribution in [0.5, 0.6) is 0 Å². The largest absolute Gasteiger partial charge is 0.385 e. The summed E-state index contributed by atoms with van der Waals surface area (Å²) in [5.41, 5.74) is 5.31. The molecule has 1 heterocycles. The standard InChI is InChI=1S/C8H13N3O/c1-5(2)11-7(12)8(3-4-8)6(9)10-11/h5H,3-4H2,1-2H3,(H2,9,10). The third kappa shape index (κ3) is 0.722. The van der Waals surface area contributed by atoms with E-state index in [1.165, 1.54) is 5.01 Å². The van der Waals surface area contributed by atoms with Gasteiger partial charge in [-0.1, -0.05) is 0 Å². The van der Waals surface area contributed by atoms with E-state index < -0.39 is 0 Å². The van der Waals surface area contributed by atoms with Crippen LogP contribution in [0.25, 0.3) is 0 Å². The molecule has 1 saturated carbocycles. The molecule has 0 aromatic carbocycles. The monoisotopic (exact) mass is 167 g/mol. The van der Waals surface area contributed by atoms with Gasteiger partial charge in [0.05, 0.1) is 6.04 Å². The topological polar surface area (TPSA) is 58.7 Å². The minimum absolute atomic E-state index is 0.0926. The summed E-state index contributed by atoms with van der Waals surface area (Å²) >= 11 is 0. The number of carbonyl (C=O) groups is 1. The highest BCUT2D eigenvalue weighted by Crippen LogP contribution is 2.50. The molecule has 0 radical (unpaired) electrons. The zero-order chi connectivity index (χ0) is 8.93. The van der Waals surface area contributed by atoms with Gasteiger partial charge in [0.1, 0.15) is 11.3 Å². The van der Waals surface area contributed by atoms with E-state index in [2.05, 4.69) is 5.10 Å². The summed E-state index contributed by atoms with van der Waals surface area (Å²) in [6, 6.07) is 0.121. The van der Waals surface area contributed by atoms with Crippen molar-refractivity contribution in [2.24, 2.45) is 16.3 Å². The Morgan fingerprint density at radius 3 is 2.42 bits per heavy atom. The second-order valence-electron chi connectivity index (χ2n) is 3.81. The lowest BCUT2D eigenvalue weighted by Gasteiger charge is -2.16. The highest BCUT2D eigenvalue weighted by atomic mass is 16.2. The predicted molar refractivity (Wildman–Crippen MR) is 45.3 cm³/mol. The molecule has 0 aromatic rings. The van der Waals surface area contributed by atoms with Gasteiger partial charge in [-0.05, 0) is 26.7 Å². The number of nitrogens with zero attached hydrogens (tertiary/aromatic N) is 2. The van der Waals surface area contributed by atoms with Gasteiger partial charge in [0, 0.05) is 0 Å². The first-order valence-corrected chi connectivity index (χ1v) is 4.26. The molecule has 1 spiro atoms. The number of amides is 1. The first-order chi connectivity index (χ1) is 5.58. The Kier molecular flexibility index (Phi) is 1.26. The second-order valence-corrected chi connectivity index (χ2v) is 3.81. The molecule has 4 nitrogen and oxygen atoms in total. The number of hydrazone groups is 1. The molecule has 0 saturated heterocycles. The van der Waals surface area contributed by atoms with Crippen molar-refractivity contribution in [2.45, 2.75) is 32.7 Å². The summed E-state index contributed by atoms with van der Waals surface area (Å²) in [7, 11) is 0. The van der Waals surface area contributed by atoms with E-state index >= 15 is 0 Å². The average Bonchev–Trinajstić information content (AvgIpc) is 2.73. The fourth-order valence-electron chi connectivity index (χ4n) is 1.53. The van der Waals surface area contributed by atoms with Gasteiger partial charge in [-0.25, -0.2) is 5.01 Å². The molecule has 0 bridgehead atoms. The van der Waals surface area contributed by atoms with Crippen molar-refractivity contribution in [1.82, 2.24) is 5.01 Å². The fourth-order valence-corrected chi connectivity index (χ4v) is 1.53. The van der Waals surface area contributed by atoms with E-state index in [1.54, 1.807) is 0 Å². The van der Waals surface area contributed by atoms with Crippen molar-refractivity contribution in [1.29, 1.82) is 0 Å². The summed E-state index contributed by atoms with van der Waals surface area (Å²) in [5, 5.41) is 5.56. The molecule has 2 rings (SSSR count). The van der Waals surface area contributed by atoms with Crippen LogP contribution in [0, 0.1) is 5.41 Å². The molecule has 66 valence electrons. The maximum Gasteiger partial charge on any atom is 0.256 e. The van der Waals surface area contributed by atoms with E-state index in [0.29, 0.717) is 5.84 Å². The van der Waals surface area contributed by atoms with E-state index in [0.717, 1.165) is 12.8 Å². The highest BCUT2D eigenvalue weighted by Gasteiger charge is 2.59. The molecule has 1 aliphatic carbocycles. The van der Waals surface area contributed by atoms with Gasteiger partial charge in [0.25, 0.3) is 5.91 Å². The molecule has 2 aliphatic rings. The van der Waals surface area contributed by atoms with Gasteiger partial charge in [0.2, 0.25) is 0 Å². The molecular weight excluding hydrogens is 154 g/mol. The molecule has 0 unspecified atom stereocenters. The SMILES string of the molecule is CC(C)N1N=C(N)C2(CC2)C1=O. The maximum atomic E-state index is 11.7. The van der Waals surface area contributed by atoms with Crippen molar-refractivity contribution in [3.8, 4) is 0 Å². The zero-order valence-electron chi connectivity index (χ0n) is 7.37. The van der Waals surface area contributed by atoms with Gasteiger partial charge in [0.15, 0.2) is 0 Å². The van der Waals surface area contributed by atoms with Crippen LogP contribution in [0.2, 0.25) is 0 Å². The second kappa shape index (κ2) is 2.00. The van der Waals surface area contributed by atoms with Gasteiger partial charge < -0.3 is 5.73 Å². The lowest BCUT2D eigenvalue weighted by molar-refractivity contribution is -0.134. The van der Waals surface area contributed by atoms with Crippen molar-refractivity contribution in [2.75, 3.05) is 0 Å². The van der Waals surface area contributed by atoms with Crippen LogP contribution < -0.4 is 5.73 Å². The van der Waals surface area contributed by atoms with Crippen LogP contribution in [-0.4, -0.2) is 22.8 Å². The summed E-state index contributed by atoms with van der Waals surface area (Å²) in [5.74, 6) is 0.608. The van der Waals surface area contributed by atoms with Crippen molar-refractivity contribution >= 4 is 11.7 Å². The summed E-state index contributed by atoms with van der Waals surface area (Å²) in [6.45, 7) is 3.88. The molecular formula is C8H13N3O. The third-order valence-corrected chi connectivity index (χ3v) is 2.56. The molecule has 2 N–H and O–H groups in total. The van der Waals surface area contributed by atoms with Crippen LogP contribution in [0.15, 0.2) is 5.10 Å². The number of nitrogens with two attached hydrogens (primary N) is 1. The third-order valence-electron chi connectivity index (χ3n) is 2.56. The highest BCUT2D eigenvalue weighted by molar-refractivity contribution is 6.13. The molecule has 12 heavy (non-hydrogen) atoms. The lowest BCUT2D eigenvalue weighted by Crippen LogP contribution is -2.34. The van der Waals surface area contributed by atoms with Crippen LogP contribution in [0.1, 0.15) is 26.7 Å². The molecule has 0 atom stereocenters. The Labute approximate surface area is 71.4 Å². The molecule has 0 aromatic heterocycles. The average molecular weight is 167 g/mol. The van der Waals surface area contributed by atoms with Crippen molar-refractivity contribution in [3.63, 3.8) is 0 Å². The Morgan fingerprint density at radius 2 is 2.17 bits per heavy atom. The summed E-state index contributed by atoms with van der Waals surface area (Å²) in [4.78, 5) is 11.7. The van der Waals surface area contributed by atoms with Gasteiger partial charge >= 0.3 is 0 Å². The molecule has 1 fully saturated rings. The van der Waals surface area contributed by atoms with Gasteiger partial charge in [-0.15, -0.1) is 0 Å². The maximum absolute atomic E-state index is 11.7. The van der Waals surface area contributed by atoms with Crippen molar-refractivity contribution in [3.05, 3.63) is 0 Å². The van der Waals surface area contributed by atoms with Crippen molar-refractivity contribution < 1.29 is 4.79 Å². The van der Waals surface area contributed by atoms with Gasteiger partial charge in [-0.3, -0.25) is 4.79 Å². The molecule has 1 aliphatic heterocycles. The lowest BCUT2D eigenvalue weighted by atomic mass is 10.1. The number of carbonyl (C=O) groups excluding carboxylic acids is 1. The minimum Gasteiger partial charge on any atom is -0.385 e. The van der Waals surface area contributed by atoms with Crippen LogP contribution in [0.4, 0.5) is 0 Å². The van der Waals surface area contributed by atoms with Crippen LogP contribution in [-0.2, 0) is 4.79 Å². The molecule has 4 heteroatoms. The quantitative estimate of drug-likeness (QED) is 0.610. The summed E-state index contributed by atoms with van der Waals surface area (Å²) in [6.07, 6.45) is 1.76. The molecule has 1 amide bonds. The first kappa shape index (κ1) is 7.58. The van der Waals surface area contributed by atoms with Crippen LogP contribution in [0.3, 0.4) is 0 Å². The number of hydrogen-bond donors (Lipinski definition) is 1. The minimum atomic E-state index is -0.371. The zero-order valence-corrected chi connectivity index (χ0v) is 7.37. The van der Waals surface area contributed by atoms with E-state index in [4.69, 9.17) is 5.73 Å². The normalized spacial score (nSPS) is 25.4.